The summed E-state index contributed by atoms with van der Waals surface area (Å²) in [4.78, 5) is 24.8. The molecule has 1 aliphatic rings. The molecule has 0 aliphatic carbocycles. The van der Waals surface area contributed by atoms with Gasteiger partial charge in [-0.15, -0.1) is 0 Å². The van der Waals surface area contributed by atoms with Crippen LogP contribution in [0.15, 0.2) is 53.4 Å². The van der Waals surface area contributed by atoms with Crippen molar-refractivity contribution in [3.05, 3.63) is 65.2 Å². The highest BCUT2D eigenvalue weighted by molar-refractivity contribution is 7.90. The maximum atomic E-state index is 12.5. The number of fused-ring (bicyclic) bond motifs is 1. The van der Waals surface area contributed by atoms with Crippen LogP contribution >= 0.6 is 0 Å². The first kappa shape index (κ1) is 20.1. The third-order valence-electron chi connectivity index (χ3n) is 4.70. The van der Waals surface area contributed by atoms with E-state index in [1.807, 2.05) is 31.2 Å². The third-order valence-corrected chi connectivity index (χ3v) is 6.49. The van der Waals surface area contributed by atoms with Crippen molar-refractivity contribution in [3.8, 4) is 0 Å². The number of amides is 2. The Labute approximate surface area is 165 Å². The van der Waals surface area contributed by atoms with Crippen molar-refractivity contribution in [1.29, 1.82) is 0 Å². The highest BCUT2D eigenvalue weighted by Crippen LogP contribution is 2.29. The SMILES string of the molecule is CC(C)Cc1ccc([C@@H](C)NC(=O)CN2C(=O)c3ccccc3S2(=O)=O)cc1. The summed E-state index contributed by atoms with van der Waals surface area (Å²) >= 11 is 0. The molecule has 6 nitrogen and oxygen atoms in total. The van der Waals surface area contributed by atoms with E-state index in [0.29, 0.717) is 10.2 Å². The van der Waals surface area contributed by atoms with Crippen molar-refractivity contribution in [1.82, 2.24) is 9.62 Å². The van der Waals surface area contributed by atoms with E-state index in [2.05, 4.69) is 19.2 Å². The minimum Gasteiger partial charge on any atom is -0.348 e. The first-order valence-corrected chi connectivity index (χ1v) is 10.7. The number of nitrogens with zero attached hydrogens (tertiary/aromatic N) is 1. The molecule has 0 radical (unpaired) electrons. The second kappa shape index (κ2) is 7.75. The Kier molecular flexibility index (Phi) is 5.56. The number of nitrogens with one attached hydrogen (secondary N) is 1. The van der Waals surface area contributed by atoms with Crippen LogP contribution < -0.4 is 5.32 Å². The van der Waals surface area contributed by atoms with Crippen LogP contribution in [0.25, 0.3) is 0 Å². The first-order valence-electron chi connectivity index (χ1n) is 9.24. The van der Waals surface area contributed by atoms with Gasteiger partial charge in [0.2, 0.25) is 5.91 Å². The number of rotatable bonds is 6. The van der Waals surface area contributed by atoms with Gasteiger partial charge in [0.15, 0.2) is 0 Å². The molecule has 3 rings (SSSR count). The van der Waals surface area contributed by atoms with Gasteiger partial charge in [0, 0.05) is 0 Å². The predicted octanol–water partition coefficient (Wildman–Crippen LogP) is 2.91. The van der Waals surface area contributed by atoms with Crippen LogP contribution in [0.2, 0.25) is 0 Å². The summed E-state index contributed by atoms with van der Waals surface area (Å²) in [5.41, 5.74) is 2.24. The van der Waals surface area contributed by atoms with Gasteiger partial charge in [-0.25, -0.2) is 12.7 Å². The maximum Gasteiger partial charge on any atom is 0.269 e. The van der Waals surface area contributed by atoms with Crippen LogP contribution in [-0.4, -0.2) is 31.1 Å². The van der Waals surface area contributed by atoms with Gasteiger partial charge < -0.3 is 5.32 Å². The number of benzene rings is 2. The lowest BCUT2D eigenvalue weighted by molar-refractivity contribution is -0.121. The zero-order valence-electron chi connectivity index (χ0n) is 16.2. The Morgan fingerprint density at radius 3 is 2.29 bits per heavy atom. The summed E-state index contributed by atoms with van der Waals surface area (Å²) in [7, 11) is -3.99. The van der Waals surface area contributed by atoms with Crippen LogP contribution in [0, 0.1) is 5.92 Å². The Bertz CT molecular complexity index is 997. The smallest absolute Gasteiger partial charge is 0.269 e. The third kappa shape index (κ3) is 3.94. The van der Waals surface area contributed by atoms with Crippen molar-refractivity contribution >= 4 is 21.8 Å². The van der Waals surface area contributed by atoms with Gasteiger partial charge in [-0.05, 0) is 42.5 Å². The molecule has 0 saturated carbocycles. The van der Waals surface area contributed by atoms with E-state index >= 15 is 0 Å². The van der Waals surface area contributed by atoms with Crippen LogP contribution in [0.5, 0.6) is 0 Å². The van der Waals surface area contributed by atoms with E-state index in [1.54, 1.807) is 12.1 Å². The minimum atomic E-state index is -3.99. The number of sulfonamides is 1. The van der Waals surface area contributed by atoms with Gasteiger partial charge >= 0.3 is 0 Å². The van der Waals surface area contributed by atoms with Crippen LogP contribution in [0.1, 0.15) is 48.3 Å². The van der Waals surface area contributed by atoms with E-state index in [-0.39, 0.29) is 16.5 Å². The molecule has 1 atom stereocenters. The van der Waals surface area contributed by atoms with Crippen LogP contribution in [-0.2, 0) is 21.2 Å². The molecule has 148 valence electrons. The monoisotopic (exact) mass is 400 g/mol. The molecule has 1 aliphatic heterocycles. The largest absolute Gasteiger partial charge is 0.348 e. The molecule has 0 fully saturated rings. The fourth-order valence-electron chi connectivity index (χ4n) is 3.30. The normalized spacial score (nSPS) is 16.1. The number of carbonyl (C=O) groups is 2. The molecule has 1 heterocycles. The Hall–Kier alpha value is -2.67. The highest BCUT2D eigenvalue weighted by Gasteiger charge is 2.41. The molecule has 0 aromatic heterocycles. The van der Waals surface area contributed by atoms with Crippen LogP contribution in [0.3, 0.4) is 0 Å². The summed E-state index contributed by atoms with van der Waals surface area (Å²) in [6.45, 7) is 5.60. The van der Waals surface area contributed by atoms with Crippen molar-refractivity contribution in [2.45, 2.75) is 38.1 Å². The van der Waals surface area contributed by atoms with Gasteiger partial charge in [0.05, 0.1) is 11.6 Å². The minimum absolute atomic E-state index is 0.0541. The first-order chi connectivity index (χ1) is 13.2. The number of carbonyl (C=O) groups excluding carboxylic acids is 2. The van der Waals surface area contributed by atoms with E-state index in [4.69, 9.17) is 0 Å². The summed E-state index contributed by atoms with van der Waals surface area (Å²) < 4.78 is 25.7. The van der Waals surface area contributed by atoms with Gasteiger partial charge in [0.25, 0.3) is 15.9 Å². The maximum absolute atomic E-state index is 12.5. The van der Waals surface area contributed by atoms with Gasteiger partial charge in [-0.1, -0.05) is 50.2 Å². The Morgan fingerprint density at radius 1 is 1.04 bits per heavy atom. The molecule has 0 saturated heterocycles. The Morgan fingerprint density at radius 2 is 1.68 bits per heavy atom. The van der Waals surface area contributed by atoms with Crippen molar-refractivity contribution < 1.29 is 18.0 Å². The predicted molar refractivity (Wildman–Crippen MR) is 106 cm³/mol. The molecular formula is C21H24N2O4S. The van der Waals surface area contributed by atoms with E-state index in [9.17, 15) is 18.0 Å². The second-order valence-electron chi connectivity index (χ2n) is 7.44. The molecule has 0 spiro atoms. The van der Waals surface area contributed by atoms with E-state index in [0.717, 1.165) is 12.0 Å². The molecule has 2 aromatic carbocycles. The van der Waals surface area contributed by atoms with Crippen LogP contribution in [0.4, 0.5) is 0 Å². The topological polar surface area (TPSA) is 83.6 Å². The molecule has 28 heavy (non-hydrogen) atoms. The highest BCUT2D eigenvalue weighted by atomic mass is 32.2. The van der Waals surface area contributed by atoms with Crippen molar-refractivity contribution in [2.24, 2.45) is 5.92 Å². The number of hydrogen-bond donors (Lipinski definition) is 1. The molecule has 2 amide bonds. The Balaban J connectivity index is 1.67. The van der Waals surface area contributed by atoms with E-state index < -0.39 is 28.4 Å². The number of hydrogen-bond acceptors (Lipinski definition) is 4. The molecule has 0 bridgehead atoms. The summed E-state index contributed by atoms with van der Waals surface area (Å²) in [6.07, 6.45) is 0.983. The molecule has 1 N–H and O–H groups in total. The van der Waals surface area contributed by atoms with E-state index in [1.165, 1.54) is 17.7 Å². The van der Waals surface area contributed by atoms with Crippen molar-refractivity contribution in [2.75, 3.05) is 6.54 Å². The zero-order chi connectivity index (χ0) is 20.5. The summed E-state index contributed by atoms with van der Waals surface area (Å²) in [6, 6.07) is 13.7. The lowest BCUT2D eigenvalue weighted by Gasteiger charge is -2.18. The fourth-order valence-corrected chi connectivity index (χ4v) is 4.83. The summed E-state index contributed by atoms with van der Waals surface area (Å²) in [5, 5.41) is 2.77. The average Bonchev–Trinajstić information content (AvgIpc) is 2.83. The standard InChI is InChI=1S/C21H24N2O4S/c1-14(2)12-16-8-10-17(11-9-16)15(3)22-20(24)13-23-21(25)18-6-4-5-7-19(18)28(23,26)27/h4-11,14-15H,12-13H2,1-3H3,(H,22,24)/t15-/m1/s1. The average molecular weight is 401 g/mol. The summed E-state index contributed by atoms with van der Waals surface area (Å²) in [5.74, 6) is -0.632. The zero-order valence-corrected chi connectivity index (χ0v) is 17.0. The quantitative estimate of drug-likeness (QED) is 0.808. The molecule has 7 heteroatoms. The fraction of sp³-hybridized carbons (Fsp3) is 0.333. The molecular weight excluding hydrogens is 376 g/mol. The van der Waals surface area contributed by atoms with Gasteiger partial charge in [-0.3, -0.25) is 9.59 Å². The van der Waals surface area contributed by atoms with Gasteiger partial charge in [-0.2, -0.15) is 0 Å². The second-order valence-corrected chi connectivity index (χ2v) is 9.27. The lowest BCUT2D eigenvalue weighted by Crippen LogP contribution is -2.41. The molecule has 2 aromatic rings. The van der Waals surface area contributed by atoms with Crippen molar-refractivity contribution in [3.63, 3.8) is 0 Å². The lowest BCUT2D eigenvalue weighted by atomic mass is 10.00. The molecule has 0 unspecified atom stereocenters. The van der Waals surface area contributed by atoms with Gasteiger partial charge in [0.1, 0.15) is 11.4 Å².